The number of hydrogen-bond donors (Lipinski definition) is 0. The van der Waals surface area contributed by atoms with Crippen LogP contribution >= 0.6 is 11.8 Å². The van der Waals surface area contributed by atoms with Gasteiger partial charge in [-0.15, -0.1) is 0 Å². The van der Waals surface area contributed by atoms with Gasteiger partial charge in [0.1, 0.15) is 0 Å². The van der Waals surface area contributed by atoms with Crippen molar-refractivity contribution in [2.45, 2.75) is 4.90 Å². The smallest absolute Gasteiger partial charge is 0.330 e. The van der Waals surface area contributed by atoms with Crippen molar-refractivity contribution in [2.24, 2.45) is 0 Å². The van der Waals surface area contributed by atoms with Crippen LogP contribution in [0.25, 0.3) is 0 Å². The molecule has 0 bridgehead atoms. The Morgan fingerprint density at radius 2 is 2.13 bits per heavy atom. The van der Waals surface area contributed by atoms with Crippen LogP contribution in [0.4, 0.5) is 8.78 Å². The number of carbonyl (C=O) groups excluding carboxylic acids is 1. The second kappa shape index (κ2) is 5.50. The standard InChI is InChI=1S/C10H8F2O2S/c1-14-10(13)4-5-15-7-2-3-8(11)9(12)6-7/h2-6H,1H3. The monoisotopic (exact) mass is 230 g/mol. The molecule has 0 heterocycles. The van der Waals surface area contributed by atoms with E-state index in [1.807, 2.05) is 0 Å². The summed E-state index contributed by atoms with van der Waals surface area (Å²) in [4.78, 5) is 11.2. The Kier molecular flexibility index (Phi) is 4.30. The van der Waals surface area contributed by atoms with E-state index >= 15 is 0 Å². The molecule has 0 aromatic heterocycles. The van der Waals surface area contributed by atoms with E-state index in [0.29, 0.717) is 4.90 Å². The maximum absolute atomic E-state index is 12.7. The maximum Gasteiger partial charge on any atom is 0.330 e. The van der Waals surface area contributed by atoms with Gasteiger partial charge in [-0.3, -0.25) is 0 Å². The Balaban J connectivity index is 2.62. The summed E-state index contributed by atoms with van der Waals surface area (Å²) < 4.78 is 29.6. The van der Waals surface area contributed by atoms with E-state index in [2.05, 4.69) is 4.74 Å². The summed E-state index contributed by atoms with van der Waals surface area (Å²) in [6, 6.07) is 3.51. The molecule has 0 aliphatic carbocycles. The van der Waals surface area contributed by atoms with Crippen molar-refractivity contribution in [3.63, 3.8) is 0 Å². The van der Waals surface area contributed by atoms with Gasteiger partial charge < -0.3 is 4.74 Å². The Labute approximate surface area is 89.9 Å². The molecule has 2 nitrogen and oxygen atoms in total. The molecule has 80 valence electrons. The number of benzene rings is 1. The van der Waals surface area contributed by atoms with Gasteiger partial charge in [0.05, 0.1) is 7.11 Å². The van der Waals surface area contributed by atoms with Crippen LogP contribution < -0.4 is 0 Å². The van der Waals surface area contributed by atoms with Crippen LogP contribution in [0, 0.1) is 11.6 Å². The van der Waals surface area contributed by atoms with Crippen LogP contribution in [0.15, 0.2) is 34.6 Å². The number of hydrogen-bond acceptors (Lipinski definition) is 3. The molecule has 0 aliphatic rings. The lowest BCUT2D eigenvalue weighted by Gasteiger charge is -1.97. The highest BCUT2D eigenvalue weighted by Gasteiger charge is 2.01. The third-order valence-electron chi connectivity index (χ3n) is 1.50. The van der Waals surface area contributed by atoms with Crippen LogP contribution in [0.1, 0.15) is 0 Å². The molecule has 0 fully saturated rings. The molecule has 0 saturated carbocycles. The van der Waals surface area contributed by atoms with E-state index in [-0.39, 0.29) is 0 Å². The molecule has 0 atom stereocenters. The minimum absolute atomic E-state index is 0.495. The van der Waals surface area contributed by atoms with Gasteiger partial charge in [0, 0.05) is 11.0 Å². The summed E-state index contributed by atoms with van der Waals surface area (Å²) in [5.41, 5.74) is 0. The van der Waals surface area contributed by atoms with Crippen molar-refractivity contribution in [1.29, 1.82) is 0 Å². The number of halogens is 2. The van der Waals surface area contributed by atoms with Crippen LogP contribution in [-0.4, -0.2) is 13.1 Å². The predicted octanol–water partition coefficient (Wildman–Crippen LogP) is 2.74. The van der Waals surface area contributed by atoms with Crippen molar-refractivity contribution >= 4 is 17.7 Å². The Morgan fingerprint density at radius 1 is 1.40 bits per heavy atom. The molecule has 0 spiro atoms. The average Bonchev–Trinajstić information content (AvgIpc) is 2.23. The van der Waals surface area contributed by atoms with Gasteiger partial charge in [-0.2, -0.15) is 0 Å². The molecule has 0 amide bonds. The van der Waals surface area contributed by atoms with Crippen LogP contribution in [0.3, 0.4) is 0 Å². The van der Waals surface area contributed by atoms with E-state index in [9.17, 15) is 13.6 Å². The highest BCUT2D eigenvalue weighted by molar-refractivity contribution is 8.02. The molecule has 0 saturated heterocycles. The van der Waals surface area contributed by atoms with Crippen molar-refractivity contribution in [3.8, 4) is 0 Å². The number of carbonyl (C=O) groups is 1. The first kappa shape index (κ1) is 11.7. The van der Waals surface area contributed by atoms with E-state index in [0.717, 1.165) is 23.9 Å². The minimum atomic E-state index is -0.911. The first-order chi connectivity index (χ1) is 7.13. The van der Waals surface area contributed by atoms with Gasteiger partial charge in [-0.1, -0.05) is 11.8 Å². The Morgan fingerprint density at radius 3 is 2.73 bits per heavy atom. The zero-order chi connectivity index (χ0) is 11.3. The van der Waals surface area contributed by atoms with E-state index in [1.54, 1.807) is 0 Å². The molecule has 1 rings (SSSR count). The number of esters is 1. The summed E-state index contributed by atoms with van der Waals surface area (Å²) in [5, 5.41) is 1.44. The van der Waals surface area contributed by atoms with Crippen LogP contribution in [-0.2, 0) is 9.53 Å². The van der Waals surface area contributed by atoms with Crippen molar-refractivity contribution in [1.82, 2.24) is 0 Å². The normalized spacial score (nSPS) is 10.6. The van der Waals surface area contributed by atoms with Gasteiger partial charge in [0.2, 0.25) is 0 Å². The molecule has 0 radical (unpaired) electrons. The molecular weight excluding hydrogens is 222 g/mol. The van der Waals surface area contributed by atoms with E-state index in [4.69, 9.17) is 0 Å². The summed E-state index contributed by atoms with van der Waals surface area (Å²) in [5.74, 6) is -2.30. The molecule has 0 aliphatic heterocycles. The third-order valence-corrected chi connectivity index (χ3v) is 2.30. The molecule has 5 heteroatoms. The highest BCUT2D eigenvalue weighted by Crippen LogP contribution is 2.21. The average molecular weight is 230 g/mol. The lowest BCUT2D eigenvalue weighted by molar-refractivity contribution is -0.134. The SMILES string of the molecule is COC(=O)C=CSc1ccc(F)c(F)c1. The number of methoxy groups -OCH3 is 1. The zero-order valence-electron chi connectivity index (χ0n) is 7.87. The third kappa shape index (κ3) is 3.71. The lowest BCUT2D eigenvalue weighted by Crippen LogP contribution is -1.92. The number of rotatable bonds is 3. The molecule has 15 heavy (non-hydrogen) atoms. The van der Waals surface area contributed by atoms with Crippen molar-refractivity contribution in [2.75, 3.05) is 7.11 Å². The van der Waals surface area contributed by atoms with Crippen molar-refractivity contribution < 1.29 is 18.3 Å². The van der Waals surface area contributed by atoms with Crippen molar-refractivity contribution in [3.05, 3.63) is 41.3 Å². The highest BCUT2D eigenvalue weighted by atomic mass is 32.2. The van der Waals surface area contributed by atoms with Gasteiger partial charge in [0.25, 0.3) is 0 Å². The molecule has 0 unspecified atom stereocenters. The fraction of sp³-hybridized carbons (Fsp3) is 0.100. The van der Waals surface area contributed by atoms with Crippen LogP contribution in [0.2, 0.25) is 0 Å². The van der Waals surface area contributed by atoms with Gasteiger partial charge >= 0.3 is 5.97 Å². The molecule has 1 aromatic carbocycles. The summed E-state index contributed by atoms with van der Waals surface area (Å²) in [6.07, 6.45) is 1.20. The zero-order valence-corrected chi connectivity index (χ0v) is 8.68. The molecule has 1 aromatic rings. The molecular formula is C10H8F2O2S. The van der Waals surface area contributed by atoms with Gasteiger partial charge in [0.15, 0.2) is 11.6 Å². The first-order valence-corrected chi connectivity index (χ1v) is 4.87. The van der Waals surface area contributed by atoms with Gasteiger partial charge in [-0.25, -0.2) is 13.6 Å². The first-order valence-electron chi connectivity index (χ1n) is 3.99. The number of ether oxygens (including phenoxy) is 1. The largest absolute Gasteiger partial charge is 0.466 e. The quantitative estimate of drug-likeness (QED) is 0.453. The minimum Gasteiger partial charge on any atom is -0.466 e. The maximum atomic E-state index is 12.7. The Bertz CT molecular complexity index is 391. The fourth-order valence-electron chi connectivity index (χ4n) is 0.786. The second-order valence-corrected chi connectivity index (χ2v) is 3.50. The second-order valence-electron chi connectivity index (χ2n) is 2.52. The van der Waals surface area contributed by atoms with Gasteiger partial charge in [-0.05, 0) is 23.6 Å². The Hall–Kier alpha value is -1.36. The van der Waals surface area contributed by atoms with E-state index in [1.165, 1.54) is 24.7 Å². The predicted molar refractivity (Wildman–Crippen MR) is 53.4 cm³/mol. The summed E-state index contributed by atoms with van der Waals surface area (Å²) in [7, 11) is 1.26. The summed E-state index contributed by atoms with van der Waals surface area (Å²) in [6.45, 7) is 0. The topological polar surface area (TPSA) is 26.3 Å². The fourth-order valence-corrected chi connectivity index (χ4v) is 1.44. The molecule has 0 N–H and O–H groups in total. The van der Waals surface area contributed by atoms with E-state index < -0.39 is 17.6 Å². The lowest BCUT2D eigenvalue weighted by atomic mass is 10.3. The number of thioether (sulfide) groups is 1. The van der Waals surface area contributed by atoms with Crippen LogP contribution in [0.5, 0.6) is 0 Å². The summed E-state index contributed by atoms with van der Waals surface area (Å²) >= 11 is 1.10.